The molecule has 108 valence electrons. The Morgan fingerprint density at radius 2 is 2.15 bits per heavy atom. The van der Waals surface area contributed by atoms with E-state index >= 15 is 0 Å². The molecule has 1 aliphatic heterocycles. The average Bonchev–Trinajstić information content (AvgIpc) is 2.74. The van der Waals surface area contributed by atoms with Crippen molar-refractivity contribution in [3.05, 3.63) is 34.1 Å². The molecule has 0 bridgehead atoms. The van der Waals surface area contributed by atoms with E-state index in [9.17, 15) is 9.18 Å². The van der Waals surface area contributed by atoms with Gasteiger partial charge in [0, 0.05) is 19.0 Å². The number of likely N-dealkylation sites (N-methyl/N-ethyl adjacent to an activating group) is 1. The molecule has 0 aliphatic carbocycles. The van der Waals surface area contributed by atoms with Crippen molar-refractivity contribution in [2.75, 3.05) is 20.1 Å². The molecule has 4 N–H and O–H groups in total. The first-order valence-corrected chi connectivity index (χ1v) is 6.94. The van der Waals surface area contributed by atoms with E-state index in [-0.39, 0.29) is 29.5 Å². The third kappa shape index (κ3) is 3.16. The summed E-state index contributed by atoms with van der Waals surface area (Å²) in [5.74, 6) is -1.26. The minimum absolute atomic E-state index is 0.0486. The van der Waals surface area contributed by atoms with Crippen molar-refractivity contribution in [2.24, 2.45) is 22.4 Å². The van der Waals surface area contributed by atoms with Gasteiger partial charge >= 0.3 is 0 Å². The van der Waals surface area contributed by atoms with Crippen LogP contribution in [0.25, 0.3) is 0 Å². The van der Waals surface area contributed by atoms with Gasteiger partial charge in [0.05, 0.1) is 10.4 Å². The van der Waals surface area contributed by atoms with Crippen molar-refractivity contribution in [1.82, 2.24) is 4.90 Å². The lowest BCUT2D eigenvalue weighted by Gasteiger charge is -2.16. The predicted molar refractivity (Wildman–Crippen MR) is 78.6 cm³/mol. The lowest BCUT2D eigenvalue weighted by atomic mass is 9.88. The van der Waals surface area contributed by atoms with Gasteiger partial charge in [0.2, 0.25) is 0 Å². The van der Waals surface area contributed by atoms with Gasteiger partial charge in [-0.2, -0.15) is 4.99 Å². The largest absolute Gasteiger partial charge is 0.370 e. The molecule has 5 nitrogen and oxygen atoms in total. The highest BCUT2D eigenvalue weighted by Gasteiger charge is 2.37. The Bertz CT molecular complexity index is 559. The Balaban J connectivity index is 2.30. The van der Waals surface area contributed by atoms with Crippen LogP contribution < -0.4 is 11.5 Å². The molecule has 0 spiro atoms. The summed E-state index contributed by atoms with van der Waals surface area (Å²) in [4.78, 5) is 17.7. The lowest BCUT2D eigenvalue weighted by molar-refractivity contribution is -0.121. The number of nitrogens with zero attached hydrogens (tertiary/aromatic N) is 2. The van der Waals surface area contributed by atoms with Crippen molar-refractivity contribution in [2.45, 2.75) is 5.92 Å². The fourth-order valence-corrected chi connectivity index (χ4v) is 2.94. The molecule has 0 saturated carbocycles. The Labute approximate surface area is 125 Å². The van der Waals surface area contributed by atoms with Crippen molar-refractivity contribution < 1.29 is 9.18 Å². The van der Waals surface area contributed by atoms with E-state index < -0.39 is 0 Å². The summed E-state index contributed by atoms with van der Waals surface area (Å²) < 4.78 is 13.7. The van der Waals surface area contributed by atoms with Gasteiger partial charge in [-0.15, -0.1) is 0 Å². The molecule has 20 heavy (non-hydrogen) atoms. The first-order valence-electron chi connectivity index (χ1n) is 6.15. The van der Waals surface area contributed by atoms with Crippen molar-refractivity contribution >= 4 is 27.8 Å². The van der Waals surface area contributed by atoms with E-state index in [1.165, 1.54) is 6.07 Å². The van der Waals surface area contributed by atoms with Crippen LogP contribution in [0.1, 0.15) is 11.5 Å². The number of likely N-dealkylation sites (tertiary alicyclic amines) is 1. The van der Waals surface area contributed by atoms with E-state index in [0.29, 0.717) is 17.6 Å². The molecule has 7 heteroatoms. The second kappa shape index (κ2) is 5.88. The van der Waals surface area contributed by atoms with E-state index in [2.05, 4.69) is 20.9 Å². The molecule has 1 aromatic rings. The zero-order chi connectivity index (χ0) is 14.9. The van der Waals surface area contributed by atoms with Gasteiger partial charge in [0.1, 0.15) is 5.82 Å². The van der Waals surface area contributed by atoms with Crippen LogP contribution in [0.5, 0.6) is 0 Å². The highest BCUT2D eigenvalue weighted by Crippen LogP contribution is 2.34. The van der Waals surface area contributed by atoms with Crippen LogP contribution in [0.2, 0.25) is 0 Å². The smallest absolute Gasteiger partial charge is 0.253 e. The Kier molecular flexibility index (Phi) is 4.39. The zero-order valence-corrected chi connectivity index (χ0v) is 12.6. The molecule has 1 saturated heterocycles. The van der Waals surface area contributed by atoms with Crippen LogP contribution in [0.15, 0.2) is 27.7 Å². The van der Waals surface area contributed by atoms with Gasteiger partial charge in [-0.25, -0.2) is 4.39 Å². The standard InChI is InChI=1S/C13H16BrFN4O/c1-19-5-8(7-2-3-11(15)10(14)4-7)9(6-19)12(20)18-13(16)17/h2-4,8-9H,5-6H2,1H3,(H4,16,17,18,20)/t8-,9+/m1/s1. The SMILES string of the molecule is CN1C[C@H](C(=O)N=C(N)N)[C@@H](c2ccc(F)c(Br)c2)C1. The Morgan fingerprint density at radius 3 is 2.75 bits per heavy atom. The zero-order valence-electron chi connectivity index (χ0n) is 11.0. The number of amides is 1. The third-order valence-electron chi connectivity index (χ3n) is 3.43. The molecular weight excluding hydrogens is 327 g/mol. The number of aliphatic imine (C=N–C) groups is 1. The molecule has 1 amide bonds. The summed E-state index contributed by atoms with van der Waals surface area (Å²) in [5.41, 5.74) is 11.4. The topological polar surface area (TPSA) is 84.7 Å². The van der Waals surface area contributed by atoms with Crippen LogP contribution in [0, 0.1) is 11.7 Å². The monoisotopic (exact) mass is 342 g/mol. The number of hydrogen-bond donors (Lipinski definition) is 2. The first kappa shape index (κ1) is 14.9. The van der Waals surface area contributed by atoms with E-state index in [0.717, 1.165) is 5.56 Å². The van der Waals surface area contributed by atoms with Gasteiger partial charge in [-0.1, -0.05) is 6.07 Å². The van der Waals surface area contributed by atoms with Crippen LogP contribution in [-0.4, -0.2) is 36.9 Å². The summed E-state index contributed by atoms with van der Waals surface area (Å²) in [6, 6.07) is 4.79. The van der Waals surface area contributed by atoms with E-state index in [4.69, 9.17) is 11.5 Å². The number of nitrogens with two attached hydrogens (primary N) is 2. The fourth-order valence-electron chi connectivity index (χ4n) is 2.54. The predicted octanol–water partition coefficient (Wildman–Crippen LogP) is 1.03. The summed E-state index contributed by atoms with van der Waals surface area (Å²) in [5, 5.41) is 0. The van der Waals surface area contributed by atoms with Crippen molar-refractivity contribution in [1.29, 1.82) is 0 Å². The molecule has 0 aromatic heterocycles. The third-order valence-corrected chi connectivity index (χ3v) is 4.04. The number of benzene rings is 1. The molecule has 1 aliphatic rings. The number of hydrogen-bond acceptors (Lipinski definition) is 2. The number of rotatable bonds is 2. The van der Waals surface area contributed by atoms with Crippen LogP contribution in [-0.2, 0) is 4.79 Å². The van der Waals surface area contributed by atoms with Gasteiger partial charge in [0.25, 0.3) is 5.91 Å². The normalized spacial score (nSPS) is 22.8. The van der Waals surface area contributed by atoms with Gasteiger partial charge < -0.3 is 16.4 Å². The molecule has 0 unspecified atom stereocenters. The Morgan fingerprint density at radius 1 is 1.45 bits per heavy atom. The number of halogens is 2. The van der Waals surface area contributed by atoms with E-state index in [1.54, 1.807) is 12.1 Å². The molecule has 2 atom stereocenters. The van der Waals surface area contributed by atoms with Crippen LogP contribution >= 0.6 is 15.9 Å². The highest BCUT2D eigenvalue weighted by molar-refractivity contribution is 9.10. The second-order valence-corrected chi connectivity index (χ2v) is 5.84. The quantitative estimate of drug-likeness (QED) is 0.621. The molecular formula is C13H16BrFN4O. The second-order valence-electron chi connectivity index (χ2n) is 4.98. The molecule has 1 aromatic carbocycles. The summed E-state index contributed by atoms with van der Waals surface area (Å²) in [6.45, 7) is 1.28. The number of carbonyl (C=O) groups excluding carboxylic acids is 1. The van der Waals surface area contributed by atoms with E-state index in [1.807, 2.05) is 11.9 Å². The Hall–Kier alpha value is -1.47. The highest BCUT2D eigenvalue weighted by atomic mass is 79.9. The van der Waals surface area contributed by atoms with Crippen molar-refractivity contribution in [3.8, 4) is 0 Å². The minimum atomic E-state index is -0.334. The minimum Gasteiger partial charge on any atom is -0.370 e. The van der Waals surface area contributed by atoms with Crippen LogP contribution in [0.4, 0.5) is 4.39 Å². The summed E-state index contributed by atoms with van der Waals surface area (Å²) in [7, 11) is 1.92. The van der Waals surface area contributed by atoms with Gasteiger partial charge in [0.15, 0.2) is 5.96 Å². The summed E-state index contributed by atoms with van der Waals surface area (Å²) in [6.07, 6.45) is 0. The van der Waals surface area contributed by atoms with Gasteiger partial charge in [-0.3, -0.25) is 4.79 Å². The maximum absolute atomic E-state index is 13.3. The summed E-state index contributed by atoms with van der Waals surface area (Å²) >= 11 is 3.16. The maximum Gasteiger partial charge on any atom is 0.253 e. The first-order chi connectivity index (χ1) is 9.38. The fraction of sp³-hybridized carbons (Fsp3) is 0.385. The van der Waals surface area contributed by atoms with Gasteiger partial charge in [-0.05, 0) is 40.7 Å². The lowest BCUT2D eigenvalue weighted by Crippen LogP contribution is -2.28. The number of guanidine groups is 1. The maximum atomic E-state index is 13.3. The van der Waals surface area contributed by atoms with Crippen LogP contribution in [0.3, 0.4) is 0 Å². The molecule has 0 radical (unpaired) electrons. The average molecular weight is 343 g/mol. The molecule has 1 heterocycles. The number of carbonyl (C=O) groups is 1. The molecule has 2 rings (SSSR count). The van der Waals surface area contributed by atoms with Crippen molar-refractivity contribution in [3.63, 3.8) is 0 Å². The molecule has 1 fully saturated rings.